The van der Waals surface area contributed by atoms with Crippen LogP contribution < -0.4 is 0 Å². The molecule has 0 amide bonds. The van der Waals surface area contributed by atoms with Crippen molar-refractivity contribution >= 4 is 16.7 Å². The highest BCUT2D eigenvalue weighted by molar-refractivity contribution is 5.90. The summed E-state index contributed by atoms with van der Waals surface area (Å²) < 4.78 is 5.21. The number of carbonyl (C=O) groups excluding carboxylic acids is 1. The van der Waals surface area contributed by atoms with E-state index in [1.165, 1.54) is 0 Å². The molecule has 0 heterocycles. The van der Waals surface area contributed by atoms with Crippen LogP contribution in [0.15, 0.2) is 42.5 Å². The number of aliphatic hydroxyl groups is 1. The lowest BCUT2D eigenvalue weighted by atomic mass is 10.0. The predicted molar refractivity (Wildman–Crippen MR) is 74.8 cm³/mol. The van der Waals surface area contributed by atoms with Crippen molar-refractivity contribution in [1.82, 2.24) is 0 Å². The van der Waals surface area contributed by atoms with Crippen LogP contribution in [0.5, 0.6) is 0 Å². The normalized spacial score (nSPS) is 13.3. The largest absolute Gasteiger partial charge is 0.458 e. The summed E-state index contributed by atoms with van der Waals surface area (Å²) in [6, 6.07) is 13.2. The molecule has 0 saturated carbocycles. The highest BCUT2D eigenvalue weighted by Gasteiger charge is 2.25. The van der Waals surface area contributed by atoms with Crippen molar-refractivity contribution in [2.24, 2.45) is 0 Å². The van der Waals surface area contributed by atoms with E-state index >= 15 is 0 Å². The molecule has 2 aromatic carbocycles. The molecule has 1 atom stereocenters. The van der Waals surface area contributed by atoms with Crippen molar-refractivity contribution in [3.8, 4) is 0 Å². The molecule has 1 N–H and O–H groups in total. The zero-order valence-corrected chi connectivity index (χ0v) is 11.4. The Morgan fingerprint density at radius 2 is 1.74 bits per heavy atom. The van der Waals surface area contributed by atoms with Gasteiger partial charge in [0.2, 0.25) is 0 Å². The number of ether oxygens (including phenoxy) is 1. The smallest absolute Gasteiger partial charge is 0.340 e. The van der Waals surface area contributed by atoms with Gasteiger partial charge in [-0.05, 0) is 37.1 Å². The summed E-state index contributed by atoms with van der Waals surface area (Å²) in [6.07, 6.45) is -1.26. The molecule has 19 heavy (non-hydrogen) atoms. The molecule has 0 aliphatic carbocycles. The fourth-order valence-corrected chi connectivity index (χ4v) is 1.97. The maximum absolute atomic E-state index is 11.9. The monoisotopic (exact) mass is 258 g/mol. The van der Waals surface area contributed by atoms with Crippen LogP contribution in [-0.4, -0.2) is 16.7 Å². The third-order valence-corrected chi connectivity index (χ3v) is 2.75. The van der Waals surface area contributed by atoms with Gasteiger partial charge in [0.25, 0.3) is 0 Å². The lowest BCUT2D eigenvalue weighted by Crippen LogP contribution is -2.27. The van der Waals surface area contributed by atoms with Gasteiger partial charge in [0.1, 0.15) is 5.60 Å². The Morgan fingerprint density at radius 1 is 1.11 bits per heavy atom. The van der Waals surface area contributed by atoms with Gasteiger partial charge < -0.3 is 9.84 Å². The van der Waals surface area contributed by atoms with Crippen molar-refractivity contribution in [2.45, 2.75) is 32.5 Å². The molecule has 3 nitrogen and oxygen atoms in total. The van der Waals surface area contributed by atoms with E-state index in [1.54, 1.807) is 26.8 Å². The van der Waals surface area contributed by atoms with Crippen LogP contribution in [0.3, 0.4) is 0 Å². The number of esters is 1. The second-order valence-corrected chi connectivity index (χ2v) is 5.50. The van der Waals surface area contributed by atoms with E-state index in [9.17, 15) is 9.90 Å². The van der Waals surface area contributed by atoms with Gasteiger partial charge in [-0.2, -0.15) is 0 Å². The van der Waals surface area contributed by atoms with Gasteiger partial charge in [-0.3, -0.25) is 0 Å². The second kappa shape index (κ2) is 5.02. The Kier molecular flexibility index (Phi) is 3.58. The number of carbonyl (C=O) groups is 1. The van der Waals surface area contributed by atoms with Crippen molar-refractivity contribution < 1.29 is 14.6 Å². The fourth-order valence-electron chi connectivity index (χ4n) is 1.97. The van der Waals surface area contributed by atoms with E-state index in [1.807, 2.05) is 36.4 Å². The molecule has 0 aliphatic rings. The molecule has 0 bridgehead atoms. The lowest BCUT2D eigenvalue weighted by Gasteiger charge is -2.22. The van der Waals surface area contributed by atoms with E-state index in [0.717, 1.165) is 10.8 Å². The molecule has 0 aromatic heterocycles. The van der Waals surface area contributed by atoms with Crippen LogP contribution in [0.1, 0.15) is 32.4 Å². The van der Waals surface area contributed by atoms with Crippen molar-refractivity contribution in [3.05, 3.63) is 48.0 Å². The highest BCUT2D eigenvalue weighted by Crippen LogP contribution is 2.26. The molecule has 0 radical (unpaired) electrons. The third-order valence-electron chi connectivity index (χ3n) is 2.75. The lowest BCUT2D eigenvalue weighted by molar-refractivity contribution is -0.165. The topological polar surface area (TPSA) is 46.5 Å². The number of hydrogen-bond acceptors (Lipinski definition) is 3. The SMILES string of the molecule is CC(C)(C)OC(=O)C(O)c1cccc2ccccc12. The van der Waals surface area contributed by atoms with Crippen molar-refractivity contribution in [1.29, 1.82) is 0 Å². The molecular formula is C16H18O3. The van der Waals surface area contributed by atoms with E-state index in [2.05, 4.69) is 0 Å². The molecule has 2 aromatic rings. The molecule has 0 saturated heterocycles. The number of hydrogen-bond donors (Lipinski definition) is 1. The molecule has 0 aliphatic heterocycles. The van der Waals surface area contributed by atoms with E-state index in [4.69, 9.17) is 4.74 Å². The van der Waals surface area contributed by atoms with Crippen LogP contribution in [-0.2, 0) is 9.53 Å². The average molecular weight is 258 g/mol. The molecule has 100 valence electrons. The van der Waals surface area contributed by atoms with Gasteiger partial charge in [-0.25, -0.2) is 4.79 Å². The summed E-state index contributed by atoms with van der Waals surface area (Å²) in [5.41, 5.74) is -0.0322. The summed E-state index contributed by atoms with van der Waals surface area (Å²) in [5, 5.41) is 12.0. The van der Waals surface area contributed by atoms with Gasteiger partial charge in [-0.15, -0.1) is 0 Å². The molecular weight excluding hydrogens is 240 g/mol. The first-order valence-electron chi connectivity index (χ1n) is 6.27. The van der Waals surface area contributed by atoms with E-state index in [-0.39, 0.29) is 0 Å². The van der Waals surface area contributed by atoms with Crippen LogP contribution >= 0.6 is 0 Å². The first kappa shape index (κ1) is 13.6. The third kappa shape index (κ3) is 3.12. The number of benzene rings is 2. The molecule has 0 fully saturated rings. The number of rotatable bonds is 2. The Hall–Kier alpha value is -1.87. The van der Waals surface area contributed by atoms with Crippen LogP contribution in [0, 0.1) is 0 Å². The van der Waals surface area contributed by atoms with E-state index in [0.29, 0.717) is 5.56 Å². The summed E-state index contributed by atoms with van der Waals surface area (Å²) in [5.74, 6) is -0.621. The van der Waals surface area contributed by atoms with Gasteiger partial charge in [0.05, 0.1) is 0 Å². The Bertz CT molecular complexity index is 591. The number of fused-ring (bicyclic) bond motifs is 1. The maximum atomic E-state index is 11.9. The van der Waals surface area contributed by atoms with Gasteiger partial charge in [-0.1, -0.05) is 42.5 Å². The Labute approximate surface area is 112 Å². The minimum absolute atomic E-state index is 0.576. The highest BCUT2D eigenvalue weighted by atomic mass is 16.6. The number of aliphatic hydroxyl groups excluding tert-OH is 1. The van der Waals surface area contributed by atoms with Gasteiger partial charge in [0.15, 0.2) is 6.10 Å². The van der Waals surface area contributed by atoms with Crippen molar-refractivity contribution in [3.63, 3.8) is 0 Å². The predicted octanol–water partition coefficient (Wildman–Crippen LogP) is 3.21. The average Bonchev–Trinajstić information content (AvgIpc) is 2.35. The van der Waals surface area contributed by atoms with Crippen molar-refractivity contribution in [2.75, 3.05) is 0 Å². The Morgan fingerprint density at radius 3 is 2.42 bits per heavy atom. The fraction of sp³-hybridized carbons (Fsp3) is 0.312. The summed E-state index contributed by atoms with van der Waals surface area (Å²) >= 11 is 0. The summed E-state index contributed by atoms with van der Waals surface area (Å²) in [7, 11) is 0. The Balaban J connectivity index is 2.36. The first-order valence-corrected chi connectivity index (χ1v) is 6.27. The second-order valence-electron chi connectivity index (χ2n) is 5.50. The molecule has 3 heteroatoms. The van der Waals surface area contributed by atoms with Crippen LogP contribution in [0.25, 0.3) is 10.8 Å². The van der Waals surface area contributed by atoms with Gasteiger partial charge >= 0.3 is 5.97 Å². The summed E-state index contributed by atoms with van der Waals surface area (Å²) in [6.45, 7) is 5.34. The van der Waals surface area contributed by atoms with E-state index < -0.39 is 17.7 Å². The minimum Gasteiger partial charge on any atom is -0.458 e. The summed E-state index contributed by atoms with van der Waals surface area (Å²) in [4.78, 5) is 11.9. The first-order chi connectivity index (χ1) is 8.88. The zero-order valence-electron chi connectivity index (χ0n) is 11.4. The van der Waals surface area contributed by atoms with Gasteiger partial charge in [0, 0.05) is 0 Å². The molecule has 0 spiro atoms. The standard InChI is InChI=1S/C16H18O3/c1-16(2,3)19-15(18)14(17)13-10-6-8-11-7-4-5-9-12(11)13/h4-10,14,17H,1-3H3. The van der Waals surface area contributed by atoms with Crippen LogP contribution in [0.2, 0.25) is 0 Å². The molecule has 2 rings (SSSR count). The zero-order chi connectivity index (χ0) is 14.0. The quantitative estimate of drug-likeness (QED) is 0.841. The van der Waals surface area contributed by atoms with Crippen LogP contribution in [0.4, 0.5) is 0 Å². The minimum atomic E-state index is -1.26. The molecule has 1 unspecified atom stereocenters. The maximum Gasteiger partial charge on any atom is 0.340 e.